The summed E-state index contributed by atoms with van der Waals surface area (Å²) in [5.74, 6) is 0.0524. The highest BCUT2D eigenvalue weighted by atomic mass is 19.1. The van der Waals surface area contributed by atoms with E-state index in [2.05, 4.69) is 10.4 Å². The Kier molecular flexibility index (Phi) is 5.48. The van der Waals surface area contributed by atoms with Crippen molar-refractivity contribution >= 4 is 5.91 Å². The van der Waals surface area contributed by atoms with Crippen molar-refractivity contribution in [1.82, 2.24) is 20.0 Å². The highest BCUT2D eigenvalue weighted by molar-refractivity contribution is 5.79. The van der Waals surface area contributed by atoms with Crippen LogP contribution in [0.25, 0.3) is 11.3 Å². The highest BCUT2D eigenvalue weighted by Crippen LogP contribution is 2.26. The zero-order chi connectivity index (χ0) is 17.8. The van der Waals surface area contributed by atoms with Crippen LogP contribution in [0.4, 0.5) is 4.39 Å². The molecule has 2 aromatic rings. The summed E-state index contributed by atoms with van der Waals surface area (Å²) < 4.78 is 15.9. The van der Waals surface area contributed by atoms with Gasteiger partial charge in [0.2, 0.25) is 5.91 Å². The summed E-state index contributed by atoms with van der Waals surface area (Å²) in [5.41, 5.74) is 2.13. The number of carbonyl (C=O) groups is 1. The third kappa shape index (κ3) is 4.25. The Morgan fingerprint density at radius 2 is 2.12 bits per heavy atom. The van der Waals surface area contributed by atoms with Crippen LogP contribution in [-0.2, 0) is 17.9 Å². The van der Waals surface area contributed by atoms with E-state index in [1.165, 1.54) is 6.07 Å². The third-order valence-corrected chi connectivity index (χ3v) is 4.59. The van der Waals surface area contributed by atoms with Gasteiger partial charge >= 0.3 is 0 Å². The first-order valence-corrected chi connectivity index (χ1v) is 8.78. The molecule has 1 heterocycles. The van der Waals surface area contributed by atoms with E-state index in [1.54, 1.807) is 12.1 Å². The van der Waals surface area contributed by atoms with E-state index >= 15 is 0 Å². The van der Waals surface area contributed by atoms with Crippen molar-refractivity contribution in [3.05, 3.63) is 41.8 Å². The normalized spacial score (nSPS) is 14.6. The van der Waals surface area contributed by atoms with Gasteiger partial charge in [0.15, 0.2) is 0 Å². The van der Waals surface area contributed by atoms with Gasteiger partial charge in [-0.25, -0.2) is 4.39 Å². The van der Waals surface area contributed by atoms with Crippen molar-refractivity contribution in [3.8, 4) is 11.3 Å². The third-order valence-electron chi connectivity index (χ3n) is 4.59. The van der Waals surface area contributed by atoms with E-state index in [4.69, 9.17) is 0 Å². The number of hydrogen-bond donors (Lipinski definition) is 1. The summed E-state index contributed by atoms with van der Waals surface area (Å²) >= 11 is 0. The standard InChI is InChI=1S/C19H25FN4O/c1-23(2)13-15-12-18(16-8-3-4-9-17(16)20)22-24(15)11-10-21-19(25)14-6-5-7-14/h3-4,8-9,12,14H,5-7,10-11,13H2,1-2H3,(H,21,25). The van der Waals surface area contributed by atoms with E-state index in [0.717, 1.165) is 25.0 Å². The molecule has 0 unspecified atom stereocenters. The summed E-state index contributed by atoms with van der Waals surface area (Å²) in [6.45, 7) is 1.82. The molecule has 6 heteroatoms. The molecule has 1 aromatic heterocycles. The number of aromatic nitrogens is 2. The number of amides is 1. The van der Waals surface area contributed by atoms with E-state index in [1.807, 2.05) is 35.8 Å². The van der Waals surface area contributed by atoms with Gasteiger partial charge < -0.3 is 10.2 Å². The van der Waals surface area contributed by atoms with Crippen LogP contribution in [0.1, 0.15) is 25.0 Å². The Morgan fingerprint density at radius 3 is 2.76 bits per heavy atom. The number of halogens is 1. The summed E-state index contributed by atoms with van der Waals surface area (Å²) in [6.07, 6.45) is 3.14. The Balaban J connectivity index is 1.72. The van der Waals surface area contributed by atoms with Gasteiger partial charge in [0.25, 0.3) is 0 Å². The average molecular weight is 344 g/mol. The predicted molar refractivity (Wildman–Crippen MR) is 95.4 cm³/mol. The van der Waals surface area contributed by atoms with Crippen LogP contribution in [0.5, 0.6) is 0 Å². The summed E-state index contributed by atoms with van der Waals surface area (Å²) in [5, 5.41) is 7.56. The molecular formula is C19H25FN4O. The quantitative estimate of drug-likeness (QED) is 0.840. The van der Waals surface area contributed by atoms with Crippen molar-refractivity contribution < 1.29 is 9.18 Å². The van der Waals surface area contributed by atoms with Crippen molar-refractivity contribution in [2.45, 2.75) is 32.4 Å². The largest absolute Gasteiger partial charge is 0.354 e. The lowest BCUT2D eigenvalue weighted by Gasteiger charge is -2.24. The molecule has 0 radical (unpaired) electrons. The van der Waals surface area contributed by atoms with Crippen LogP contribution in [0.15, 0.2) is 30.3 Å². The number of nitrogens with zero attached hydrogens (tertiary/aromatic N) is 3. The Bertz CT molecular complexity index is 737. The van der Waals surface area contributed by atoms with Gasteiger partial charge in [-0.1, -0.05) is 18.6 Å². The van der Waals surface area contributed by atoms with Gasteiger partial charge in [0, 0.05) is 24.6 Å². The summed E-state index contributed by atoms with van der Waals surface area (Å²) in [4.78, 5) is 14.0. The Hall–Kier alpha value is -2.21. The minimum atomic E-state index is -0.276. The molecule has 0 bridgehead atoms. The highest BCUT2D eigenvalue weighted by Gasteiger charge is 2.24. The van der Waals surface area contributed by atoms with E-state index in [0.29, 0.717) is 30.9 Å². The number of nitrogens with one attached hydrogen (secondary N) is 1. The van der Waals surface area contributed by atoms with Gasteiger partial charge in [0.05, 0.1) is 17.9 Å². The molecule has 1 N–H and O–H groups in total. The van der Waals surface area contributed by atoms with Crippen LogP contribution in [-0.4, -0.2) is 41.2 Å². The summed E-state index contributed by atoms with van der Waals surface area (Å²) in [7, 11) is 3.97. The molecule has 134 valence electrons. The second kappa shape index (κ2) is 7.78. The first-order chi connectivity index (χ1) is 12.0. The zero-order valence-electron chi connectivity index (χ0n) is 14.8. The molecule has 1 aliphatic carbocycles. The Labute approximate surface area is 147 Å². The molecule has 5 nitrogen and oxygen atoms in total. The maximum atomic E-state index is 14.1. The van der Waals surface area contributed by atoms with Gasteiger partial charge in [-0.15, -0.1) is 0 Å². The molecule has 0 saturated heterocycles. The number of carbonyl (C=O) groups excluding carboxylic acids is 1. The molecule has 0 atom stereocenters. The number of benzene rings is 1. The number of rotatable bonds is 7. The van der Waals surface area contributed by atoms with E-state index in [9.17, 15) is 9.18 Å². The molecule has 0 spiro atoms. The van der Waals surface area contributed by atoms with Crippen LogP contribution in [0, 0.1) is 11.7 Å². The van der Waals surface area contributed by atoms with Crippen molar-refractivity contribution in [3.63, 3.8) is 0 Å². The maximum absolute atomic E-state index is 14.1. The van der Waals surface area contributed by atoms with Crippen molar-refractivity contribution in [1.29, 1.82) is 0 Å². The van der Waals surface area contributed by atoms with E-state index in [-0.39, 0.29) is 17.6 Å². The molecule has 1 aliphatic rings. The monoisotopic (exact) mass is 344 g/mol. The molecule has 1 amide bonds. The maximum Gasteiger partial charge on any atom is 0.223 e. The van der Waals surface area contributed by atoms with Gasteiger partial charge in [-0.2, -0.15) is 5.10 Å². The molecule has 0 aliphatic heterocycles. The molecular weight excluding hydrogens is 319 g/mol. The molecule has 1 aromatic carbocycles. The second-order valence-corrected chi connectivity index (χ2v) is 6.88. The predicted octanol–water partition coefficient (Wildman–Crippen LogP) is 2.67. The van der Waals surface area contributed by atoms with E-state index < -0.39 is 0 Å². The zero-order valence-corrected chi connectivity index (χ0v) is 14.8. The minimum Gasteiger partial charge on any atom is -0.354 e. The van der Waals surface area contributed by atoms with Crippen LogP contribution >= 0.6 is 0 Å². The molecule has 25 heavy (non-hydrogen) atoms. The van der Waals surface area contributed by atoms with Crippen LogP contribution in [0.3, 0.4) is 0 Å². The minimum absolute atomic E-state index is 0.141. The molecule has 1 fully saturated rings. The summed E-state index contributed by atoms with van der Waals surface area (Å²) in [6, 6.07) is 8.58. The first-order valence-electron chi connectivity index (χ1n) is 8.78. The average Bonchev–Trinajstić information content (AvgIpc) is 2.88. The number of hydrogen-bond acceptors (Lipinski definition) is 3. The fourth-order valence-electron chi connectivity index (χ4n) is 3.00. The van der Waals surface area contributed by atoms with Crippen LogP contribution in [0.2, 0.25) is 0 Å². The first kappa shape index (κ1) is 17.6. The fourth-order valence-corrected chi connectivity index (χ4v) is 3.00. The van der Waals surface area contributed by atoms with Gasteiger partial charge in [-0.3, -0.25) is 9.48 Å². The molecule has 1 saturated carbocycles. The molecule has 3 rings (SSSR count). The second-order valence-electron chi connectivity index (χ2n) is 6.88. The van der Waals surface area contributed by atoms with Gasteiger partial charge in [-0.05, 0) is 45.1 Å². The smallest absolute Gasteiger partial charge is 0.223 e. The fraction of sp³-hybridized carbons (Fsp3) is 0.474. The van der Waals surface area contributed by atoms with Crippen LogP contribution < -0.4 is 5.32 Å². The van der Waals surface area contributed by atoms with Gasteiger partial charge in [0.1, 0.15) is 5.82 Å². The SMILES string of the molecule is CN(C)Cc1cc(-c2ccccc2F)nn1CCNC(=O)C1CCC1. The topological polar surface area (TPSA) is 50.2 Å². The lowest BCUT2D eigenvalue weighted by atomic mass is 9.85. The van der Waals surface area contributed by atoms with Crippen molar-refractivity contribution in [2.75, 3.05) is 20.6 Å². The lowest BCUT2D eigenvalue weighted by Crippen LogP contribution is -2.36. The van der Waals surface area contributed by atoms with Crippen molar-refractivity contribution in [2.24, 2.45) is 5.92 Å². The lowest BCUT2D eigenvalue weighted by molar-refractivity contribution is -0.127. The Morgan fingerprint density at radius 1 is 1.36 bits per heavy atom.